The number of hydrogen-bond donors (Lipinski definition) is 1. The molecule has 0 aromatic heterocycles. The summed E-state index contributed by atoms with van der Waals surface area (Å²) in [4.78, 5) is 0. The van der Waals surface area contributed by atoms with E-state index in [0.717, 1.165) is 6.07 Å². The Morgan fingerprint density at radius 1 is 1.26 bits per heavy atom. The fourth-order valence-electron chi connectivity index (χ4n) is 1.53. The Morgan fingerprint density at radius 2 is 1.95 bits per heavy atom. The first-order chi connectivity index (χ1) is 8.95. The van der Waals surface area contributed by atoms with Gasteiger partial charge in [0.15, 0.2) is 17.9 Å². The lowest BCUT2D eigenvalue weighted by Crippen LogP contribution is -2.25. The van der Waals surface area contributed by atoms with E-state index in [4.69, 9.17) is 19.9 Å². The molecule has 0 aliphatic carbocycles. The van der Waals surface area contributed by atoms with Crippen LogP contribution in [0.3, 0.4) is 0 Å². The van der Waals surface area contributed by atoms with Crippen molar-refractivity contribution in [1.29, 1.82) is 0 Å². The first-order valence-corrected chi connectivity index (χ1v) is 6.09. The smallest absolute Gasteiger partial charge is 0.202 e. The van der Waals surface area contributed by atoms with Crippen LogP contribution in [0.25, 0.3) is 0 Å². The van der Waals surface area contributed by atoms with Crippen LogP contribution in [0.5, 0.6) is 5.75 Å². The summed E-state index contributed by atoms with van der Waals surface area (Å²) in [6, 6.07) is 2.21. The Bertz CT molecular complexity index is 415. The number of benzene rings is 1. The second-order valence-corrected chi connectivity index (χ2v) is 4.06. The van der Waals surface area contributed by atoms with Crippen LogP contribution in [0.4, 0.5) is 14.5 Å². The van der Waals surface area contributed by atoms with E-state index >= 15 is 0 Å². The molecule has 0 amide bonds. The minimum absolute atomic E-state index is 0.0436. The lowest BCUT2D eigenvalue weighted by atomic mass is 10.2. The molecule has 108 valence electrons. The largest absolute Gasteiger partial charge is 0.486 e. The predicted octanol–water partition coefficient (Wildman–Crippen LogP) is 2.71. The van der Waals surface area contributed by atoms with Crippen molar-refractivity contribution in [3.05, 3.63) is 23.8 Å². The third-order valence-corrected chi connectivity index (χ3v) is 2.37. The molecule has 0 aliphatic heterocycles. The summed E-state index contributed by atoms with van der Waals surface area (Å²) in [5, 5.41) is 0. The van der Waals surface area contributed by atoms with Crippen molar-refractivity contribution in [3.8, 4) is 5.75 Å². The summed E-state index contributed by atoms with van der Waals surface area (Å²) in [5.41, 5.74) is 5.57. The summed E-state index contributed by atoms with van der Waals surface area (Å²) < 4.78 is 42.3. The van der Waals surface area contributed by atoms with Gasteiger partial charge in [-0.3, -0.25) is 0 Å². The average Bonchev–Trinajstić information content (AvgIpc) is 2.34. The standard InChI is InChI=1S/C13H19F2NO3/c1-4-17-9(3)19-8(2)7-18-13-11(16)6-5-10(14)12(13)15/h5-6,8-9H,4,7,16H2,1-3H3/t8-,9?/m1/s1. The Kier molecular flexibility index (Phi) is 5.98. The van der Waals surface area contributed by atoms with Crippen LogP contribution in [0.2, 0.25) is 0 Å². The zero-order chi connectivity index (χ0) is 14.4. The molecule has 0 saturated carbocycles. The fraction of sp³-hybridized carbons (Fsp3) is 0.538. The van der Waals surface area contributed by atoms with E-state index in [1.165, 1.54) is 6.07 Å². The van der Waals surface area contributed by atoms with Crippen LogP contribution in [0, 0.1) is 11.6 Å². The molecule has 0 heterocycles. The van der Waals surface area contributed by atoms with Gasteiger partial charge in [-0.15, -0.1) is 0 Å². The maximum atomic E-state index is 13.5. The Morgan fingerprint density at radius 3 is 2.58 bits per heavy atom. The highest BCUT2D eigenvalue weighted by atomic mass is 19.2. The van der Waals surface area contributed by atoms with Crippen LogP contribution in [-0.2, 0) is 9.47 Å². The first kappa shape index (κ1) is 15.7. The zero-order valence-corrected chi connectivity index (χ0v) is 11.3. The molecule has 1 rings (SSSR count). The minimum atomic E-state index is -1.09. The maximum absolute atomic E-state index is 13.5. The molecule has 0 radical (unpaired) electrons. The highest BCUT2D eigenvalue weighted by molar-refractivity contribution is 5.53. The summed E-state index contributed by atoms with van der Waals surface area (Å²) in [7, 11) is 0. The molecule has 1 aromatic rings. The summed E-state index contributed by atoms with van der Waals surface area (Å²) in [6.07, 6.45) is -0.734. The molecular formula is C13H19F2NO3. The van der Waals surface area contributed by atoms with Gasteiger partial charge < -0.3 is 19.9 Å². The number of halogens is 2. The van der Waals surface area contributed by atoms with E-state index in [1.807, 2.05) is 6.92 Å². The second kappa shape index (κ2) is 7.25. The van der Waals surface area contributed by atoms with Gasteiger partial charge in [-0.05, 0) is 32.9 Å². The highest BCUT2D eigenvalue weighted by Crippen LogP contribution is 2.27. The monoisotopic (exact) mass is 275 g/mol. The van der Waals surface area contributed by atoms with Crippen molar-refractivity contribution in [2.75, 3.05) is 18.9 Å². The van der Waals surface area contributed by atoms with Gasteiger partial charge in [0.25, 0.3) is 0 Å². The number of rotatable bonds is 7. The number of anilines is 1. The van der Waals surface area contributed by atoms with E-state index in [2.05, 4.69) is 0 Å². The van der Waals surface area contributed by atoms with Crippen molar-refractivity contribution in [2.45, 2.75) is 33.2 Å². The molecular weight excluding hydrogens is 256 g/mol. The highest BCUT2D eigenvalue weighted by Gasteiger charge is 2.15. The molecule has 1 aromatic carbocycles. The first-order valence-electron chi connectivity index (χ1n) is 6.09. The van der Waals surface area contributed by atoms with Gasteiger partial charge in [0, 0.05) is 6.61 Å². The summed E-state index contributed by atoms with van der Waals surface area (Å²) >= 11 is 0. The molecule has 2 N–H and O–H groups in total. The van der Waals surface area contributed by atoms with E-state index in [0.29, 0.717) is 6.61 Å². The van der Waals surface area contributed by atoms with Crippen LogP contribution < -0.4 is 10.5 Å². The maximum Gasteiger partial charge on any atom is 0.202 e. The van der Waals surface area contributed by atoms with Crippen LogP contribution in [0.15, 0.2) is 12.1 Å². The van der Waals surface area contributed by atoms with Crippen molar-refractivity contribution in [3.63, 3.8) is 0 Å². The molecule has 0 saturated heterocycles. The number of ether oxygens (including phenoxy) is 3. The number of nitrogens with two attached hydrogens (primary N) is 1. The second-order valence-electron chi connectivity index (χ2n) is 4.06. The third-order valence-electron chi connectivity index (χ3n) is 2.37. The van der Waals surface area contributed by atoms with Gasteiger partial charge in [-0.2, -0.15) is 4.39 Å². The molecule has 2 atom stereocenters. The molecule has 0 fully saturated rings. The SMILES string of the molecule is CCOC(C)O[C@H](C)COc1c(N)ccc(F)c1F. The van der Waals surface area contributed by atoms with Crippen LogP contribution in [0.1, 0.15) is 20.8 Å². The number of hydrogen-bond acceptors (Lipinski definition) is 4. The van der Waals surface area contributed by atoms with Gasteiger partial charge in [-0.1, -0.05) is 0 Å². The van der Waals surface area contributed by atoms with E-state index in [-0.39, 0.29) is 24.1 Å². The quantitative estimate of drug-likeness (QED) is 0.614. The Labute approximate surface area is 111 Å². The molecule has 1 unspecified atom stereocenters. The average molecular weight is 275 g/mol. The zero-order valence-electron chi connectivity index (χ0n) is 11.3. The van der Waals surface area contributed by atoms with Crippen LogP contribution >= 0.6 is 0 Å². The van der Waals surface area contributed by atoms with Gasteiger partial charge in [0.05, 0.1) is 11.8 Å². The number of nitrogen functional groups attached to an aromatic ring is 1. The summed E-state index contributed by atoms with van der Waals surface area (Å²) in [6.45, 7) is 5.91. The van der Waals surface area contributed by atoms with E-state index in [1.54, 1.807) is 13.8 Å². The lowest BCUT2D eigenvalue weighted by Gasteiger charge is -2.20. The van der Waals surface area contributed by atoms with Gasteiger partial charge in [0.1, 0.15) is 6.61 Å². The molecule has 0 spiro atoms. The summed E-state index contributed by atoms with van der Waals surface area (Å²) in [5.74, 6) is -2.38. The van der Waals surface area contributed by atoms with Gasteiger partial charge >= 0.3 is 0 Å². The predicted molar refractivity (Wildman–Crippen MR) is 67.9 cm³/mol. The molecule has 19 heavy (non-hydrogen) atoms. The molecule has 6 heteroatoms. The fourth-order valence-corrected chi connectivity index (χ4v) is 1.53. The lowest BCUT2D eigenvalue weighted by molar-refractivity contribution is -0.159. The molecule has 0 bridgehead atoms. The third kappa shape index (κ3) is 4.65. The van der Waals surface area contributed by atoms with Crippen LogP contribution in [-0.4, -0.2) is 25.6 Å². The Balaban J connectivity index is 2.55. The van der Waals surface area contributed by atoms with Crippen molar-refractivity contribution in [1.82, 2.24) is 0 Å². The van der Waals surface area contributed by atoms with Gasteiger partial charge in [0.2, 0.25) is 5.82 Å². The molecule has 4 nitrogen and oxygen atoms in total. The minimum Gasteiger partial charge on any atom is -0.486 e. The van der Waals surface area contributed by atoms with E-state index in [9.17, 15) is 8.78 Å². The molecule has 0 aliphatic rings. The van der Waals surface area contributed by atoms with Crippen molar-refractivity contribution < 1.29 is 23.0 Å². The Hall–Kier alpha value is -1.40. The van der Waals surface area contributed by atoms with Gasteiger partial charge in [-0.25, -0.2) is 4.39 Å². The van der Waals surface area contributed by atoms with Crippen molar-refractivity contribution >= 4 is 5.69 Å². The van der Waals surface area contributed by atoms with Crippen molar-refractivity contribution in [2.24, 2.45) is 0 Å². The van der Waals surface area contributed by atoms with E-state index < -0.39 is 17.9 Å². The normalized spacial score (nSPS) is 14.2. The topological polar surface area (TPSA) is 53.7 Å².